The molecule has 0 spiro atoms. The van der Waals surface area contributed by atoms with Gasteiger partial charge in [-0.15, -0.1) is 0 Å². The molecule has 3 rings (SSSR count). The molecule has 1 aliphatic carbocycles. The molecule has 0 radical (unpaired) electrons. The molecule has 1 heterocycles. The lowest BCUT2D eigenvalue weighted by Crippen LogP contribution is -2.34. The van der Waals surface area contributed by atoms with Gasteiger partial charge in [-0.25, -0.2) is 8.42 Å². The van der Waals surface area contributed by atoms with E-state index in [1.807, 2.05) is 0 Å². The molecule has 0 amide bonds. The summed E-state index contributed by atoms with van der Waals surface area (Å²) in [6.07, 6.45) is 4.83. The summed E-state index contributed by atoms with van der Waals surface area (Å²) in [5.41, 5.74) is 6.25. The van der Waals surface area contributed by atoms with Gasteiger partial charge in [-0.1, -0.05) is 29.6 Å². The summed E-state index contributed by atoms with van der Waals surface area (Å²) in [7, 11) is -3.43. The van der Waals surface area contributed by atoms with E-state index in [4.69, 9.17) is 21.9 Å². The minimum Gasteiger partial charge on any atom is -0.334 e. The summed E-state index contributed by atoms with van der Waals surface area (Å²) in [5.74, 6) is 0.712. The molecular weight excluding hydrogens is 326 g/mol. The van der Waals surface area contributed by atoms with Gasteiger partial charge in [0.15, 0.2) is 15.7 Å². The van der Waals surface area contributed by atoms with Gasteiger partial charge in [-0.05, 0) is 31.0 Å². The monoisotopic (exact) mass is 341 g/mol. The second kappa shape index (κ2) is 5.33. The van der Waals surface area contributed by atoms with Gasteiger partial charge >= 0.3 is 0 Å². The van der Waals surface area contributed by atoms with E-state index >= 15 is 0 Å². The van der Waals surface area contributed by atoms with Gasteiger partial charge in [0.05, 0.1) is 15.5 Å². The maximum absolute atomic E-state index is 11.7. The average Bonchev–Trinajstić information content (AvgIpc) is 3.07. The van der Waals surface area contributed by atoms with Crippen LogP contribution in [-0.2, 0) is 15.4 Å². The molecule has 1 aliphatic rings. The number of hydrogen-bond acceptors (Lipinski definition) is 6. The molecule has 8 heteroatoms. The number of benzene rings is 1. The molecule has 1 fully saturated rings. The summed E-state index contributed by atoms with van der Waals surface area (Å²) in [5, 5.41) is 4.13. The molecule has 1 aromatic carbocycles. The fourth-order valence-corrected chi connectivity index (χ4v) is 3.99. The van der Waals surface area contributed by atoms with Crippen LogP contribution in [0.15, 0.2) is 27.6 Å². The van der Waals surface area contributed by atoms with Crippen molar-refractivity contribution in [2.45, 2.75) is 36.1 Å². The number of nitrogens with two attached hydrogens (primary N) is 1. The van der Waals surface area contributed by atoms with Crippen molar-refractivity contribution in [1.29, 1.82) is 0 Å². The molecule has 0 atom stereocenters. The zero-order valence-electron chi connectivity index (χ0n) is 12.0. The fraction of sp³-hybridized carbons (Fsp3) is 0.429. The molecule has 0 unspecified atom stereocenters. The van der Waals surface area contributed by atoms with E-state index < -0.39 is 15.4 Å². The average molecular weight is 342 g/mol. The first-order valence-electron chi connectivity index (χ1n) is 6.93. The van der Waals surface area contributed by atoms with Crippen LogP contribution in [0.3, 0.4) is 0 Å². The number of halogens is 1. The molecular formula is C14H16ClN3O3S. The third-order valence-corrected chi connectivity index (χ3v) is 5.52. The fourth-order valence-electron chi connectivity index (χ4n) is 2.69. The highest BCUT2D eigenvalue weighted by Gasteiger charge is 2.36. The van der Waals surface area contributed by atoms with Crippen molar-refractivity contribution in [3.8, 4) is 11.5 Å². The Kier molecular flexibility index (Phi) is 3.74. The minimum absolute atomic E-state index is 0.0368. The zero-order chi connectivity index (χ0) is 16.0. The quantitative estimate of drug-likeness (QED) is 0.920. The maximum atomic E-state index is 11.7. The molecule has 118 valence electrons. The van der Waals surface area contributed by atoms with Crippen molar-refractivity contribution in [3.63, 3.8) is 0 Å². The molecule has 0 aliphatic heterocycles. The molecule has 0 bridgehead atoms. The highest BCUT2D eigenvalue weighted by Crippen LogP contribution is 2.36. The Bertz CT molecular complexity index is 810. The third kappa shape index (κ3) is 2.76. The highest BCUT2D eigenvalue weighted by atomic mass is 35.5. The van der Waals surface area contributed by atoms with Crippen LogP contribution in [0.5, 0.6) is 0 Å². The predicted molar refractivity (Wildman–Crippen MR) is 82.2 cm³/mol. The number of rotatable bonds is 3. The molecule has 2 N–H and O–H groups in total. The second-order valence-electron chi connectivity index (χ2n) is 5.70. The van der Waals surface area contributed by atoms with E-state index in [1.165, 1.54) is 12.1 Å². The van der Waals surface area contributed by atoms with E-state index in [-0.39, 0.29) is 15.8 Å². The first-order chi connectivity index (χ1) is 10.3. The predicted octanol–water partition coefficient (Wildman–Crippen LogP) is 2.52. The summed E-state index contributed by atoms with van der Waals surface area (Å²) in [6.45, 7) is 0. The van der Waals surface area contributed by atoms with Crippen LogP contribution in [0.25, 0.3) is 11.5 Å². The Morgan fingerprint density at radius 3 is 2.64 bits per heavy atom. The van der Waals surface area contributed by atoms with Gasteiger partial charge in [0, 0.05) is 11.8 Å². The van der Waals surface area contributed by atoms with Gasteiger partial charge in [0.2, 0.25) is 0 Å². The van der Waals surface area contributed by atoms with Crippen LogP contribution >= 0.6 is 11.6 Å². The van der Waals surface area contributed by atoms with E-state index in [1.54, 1.807) is 6.07 Å². The summed E-state index contributed by atoms with van der Waals surface area (Å²) >= 11 is 5.93. The molecule has 6 nitrogen and oxygen atoms in total. The largest absolute Gasteiger partial charge is 0.334 e. The van der Waals surface area contributed by atoms with Crippen LogP contribution in [0.4, 0.5) is 0 Å². The molecule has 1 aromatic heterocycles. The van der Waals surface area contributed by atoms with Crippen molar-refractivity contribution in [1.82, 2.24) is 10.1 Å². The second-order valence-corrected chi connectivity index (χ2v) is 8.10. The van der Waals surface area contributed by atoms with Crippen molar-refractivity contribution in [2.24, 2.45) is 5.73 Å². The molecule has 0 saturated heterocycles. The SMILES string of the molecule is CS(=O)(=O)c1cc(-c2nc(C3(N)CCCC3)no2)ccc1Cl. The normalized spacial score (nSPS) is 17.8. The topological polar surface area (TPSA) is 99.1 Å². The zero-order valence-corrected chi connectivity index (χ0v) is 13.6. The van der Waals surface area contributed by atoms with Gasteiger partial charge in [0.1, 0.15) is 0 Å². The van der Waals surface area contributed by atoms with Gasteiger partial charge in [-0.3, -0.25) is 0 Å². The number of nitrogens with zero attached hydrogens (tertiary/aromatic N) is 2. The van der Waals surface area contributed by atoms with Crippen molar-refractivity contribution in [2.75, 3.05) is 6.26 Å². The third-order valence-electron chi connectivity index (χ3n) is 3.94. The highest BCUT2D eigenvalue weighted by molar-refractivity contribution is 7.90. The van der Waals surface area contributed by atoms with E-state index in [9.17, 15) is 8.42 Å². The van der Waals surface area contributed by atoms with Gasteiger partial charge in [0.25, 0.3) is 5.89 Å². The van der Waals surface area contributed by atoms with Crippen molar-refractivity contribution in [3.05, 3.63) is 29.0 Å². The van der Waals surface area contributed by atoms with Crippen LogP contribution in [0, 0.1) is 0 Å². The number of aromatic nitrogens is 2. The van der Waals surface area contributed by atoms with Crippen LogP contribution < -0.4 is 5.73 Å². The van der Waals surface area contributed by atoms with E-state index in [2.05, 4.69) is 10.1 Å². The number of sulfone groups is 1. The Balaban J connectivity index is 2.01. The van der Waals surface area contributed by atoms with Gasteiger partial charge < -0.3 is 10.3 Å². The van der Waals surface area contributed by atoms with E-state index in [0.29, 0.717) is 11.4 Å². The van der Waals surface area contributed by atoms with Crippen LogP contribution in [0.1, 0.15) is 31.5 Å². The lowest BCUT2D eigenvalue weighted by molar-refractivity contribution is 0.372. The Morgan fingerprint density at radius 2 is 2.00 bits per heavy atom. The molecule has 2 aromatic rings. The van der Waals surface area contributed by atoms with Crippen molar-refractivity contribution >= 4 is 21.4 Å². The smallest absolute Gasteiger partial charge is 0.258 e. The van der Waals surface area contributed by atoms with Crippen LogP contribution in [0.2, 0.25) is 5.02 Å². The first-order valence-corrected chi connectivity index (χ1v) is 9.20. The lowest BCUT2D eigenvalue weighted by Gasteiger charge is -2.17. The Morgan fingerprint density at radius 1 is 1.32 bits per heavy atom. The minimum atomic E-state index is -3.43. The first kappa shape index (κ1) is 15.5. The summed E-state index contributed by atoms with van der Waals surface area (Å²) in [6, 6.07) is 4.59. The lowest BCUT2D eigenvalue weighted by atomic mass is 9.99. The Hall–Kier alpha value is -1.44. The summed E-state index contributed by atoms with van der Waals surface area (Å²) in [4.78, 5) is 4.38. The Labute approximate surface area is 133 Å². The van der Waals surface area contributed by atoms with Crippen LogP contribution in [-0.4, -0.2) is 24.8 Å². The summed E-state index contributed by atoms with van der Waals surface area (Å²) < 4.78 is 28.7. The molecule has 1 saturated carbocycles. The van der Waals surface area contributed by atoms with Crippen molar-refractivity contribution < 1.29 is 12.9 Å². The standard InChI is InChI=1S/C14H16ClN3O3S/c1-22(19,20)11-8-9(4-5-10(11)15)12-17-13(18-21-12)14(16)6-2-3-7-14/h4-5,8H,2-3,6-7,16H2,1H3. The maximum Gasteiger partial charge on any atom is 0.258 e. The van der Waals surface area contributed by atoms with Gasteiger partial charge in [-0.2, -0.15) is 4.98 Å². The van der Waals surface area contributed by atoms with E-state index in [0.717, 1.165) is 31.9 Å². The molecule has 22 heavy (non-hydrogen) atoms. The number of hydrogen-bond donors (Lipinski definition) is 1.